The van der Waals surface area contributed by atoms with Gasteiger partial charge in [0, 0.05) is 0 Å². The van der Waals surface area contributed by atoms with Crippen molar-refractivity contribution in [2.75, 3.05) is 0 Å². The minimum absolute atomic E-state index is 0.486. The molecule has 6 aromatic rings. The van der Waals surface area contributed by atoms with Gasteiger partial charge in [0.1, 0.15) is 0 Å². The van der Waals surface area contributed by atoms with Crippen LogP contribution in [0.1, 0.15) is 44.5 Å². The second-order valence-electron chi connectivity index (χ2n) is 10.5. The Morgan fingerprint density at radius 2 is 0.605 bits per heavy atom. The number of benzene rings is 6. The molecule has 38 heavy (non-hydrogen) atoms. The highest BCUT2D eigenvalue weighted by molar-refractivity contribution is 6.11. The molecule has 0 heterocycles. The maximum Gasteiger partial charge on any atom is 0.0635 e. The van der Waals surface area contributed by atoms with Gasteiger partial charge in [0.2, 0.25) is 0 Å². The van der Waals surface area contributed by atoms with Gasteiger partial charge in [-0.1, -0.05) is 158 Å². The third kappa shape index (κ3) is 2.50. The van der Waals surface area contributed by atoms with Crippen LogP contribution in [0.5, 0.6) is 0 Å². The maximum absolute atomic E-state index is 2.41. The first-order valence-corrected chi connectivity index (χ1v) is 13.4. The highest BCUT2D eigenvalue weighted by Gasteiger charge is 2.62. The van der Waals surface area contributed by atoms with Gasteiger partial charge in [-0.2, -0.15) is 0 Å². The summed E-state index contributed by atoms with van der Waals surface area (Å²) in [6, 6.07) is 54.2. The van der Waals surface area contributed by atoms with Crippen LogP contribution < -0.4 is 0 Å². The maximum atomic E-state index is 2.41. The zero-order valence-corrected chi connectivity index (χ0v) is 21.0. The van der Waals surface area contributed by atoms with E-state index in [1.54, 1.807) is 0 Å². The van der Waals surface area contributed by atoms with Crippen LogP contribution in [0.4, 0.5) is 0 Å². The third-order valence-corrected chi connectivity index (χ3v) is 8.87. The molecular weight excluding hydrogens is 456 g/mol. The average molecular weight is 483 g/mol. The molecule has 0 amide bonds. The van der Waals surface area contributed by atoms with E-state index in [0.29, 0.717) is 0 Å². The molecule has 0 saturated carbocycles. The smallest absolute Gasteiger partial charge is 0.0622 e. The fraction of sp³-hybridized carbons (Fsp3) is 0.0526. The molecule has 0 bridgehead atoms. The molecule has 6 aromatic carbocycles. The van der Waals surface area contributed by atoms with Gasteiger partial charge in [-0.05, 0) is 55.3 Å². The zero-order chi connectivity index (χ0) is 25.2. The standard InChI is InChI=1S/C38H26/c1-5-13-29(14-6-1)37(30-15-7-2-8-16-30)33-25-23-27-21-22-28-24-26-34(36(33)35(27)28)38(37,31-17-9-3-10-18-31)32-19-11-4-12-20-32/h1-26H. The summed E-state index contributed by atoms with van der Waals surface area (Å²) in [5, 5.41) is 2.77. The molecule has 0 unspecified atom stereocenters. The van der Waals surface area contributed by atoms with Crippen molar-refractivity contribution in [1.29, 1.82) is 0 Å². The van der Waals surface area contributed by atoms with Crippen LogP contribution in [-0.4, -0.2) is 0 Å². The van der Waals surface area contributed by atoms with Gasteiger partial charge >= 0.3 is 0 Å². The summed E-state index contributed by atoms with van der Waals surface area (Å²) in [6.45, 7) is 0. The van der Waals surface area contributed by atoms with Crippen LogP contribution in [0.15, 0.2) is 146 Å². The summed E-state index contributed by atoms with van der Waals surface area (Å²) >= 11 is 0. The Kier molecular flexibility index (Phi) is 4.46. The number of hydrogen-bond acceptors (Lipinski definition) is 0. The molecule has 0 nitrogen and oxygen atoms in total. The zero-order valence-electron chi connectivity index (χ0n) is 21.0. The van der Waals surface area contributed by atoms with E-state index in [1.165, 1.54) is 55.3 Å². The van der Waals surface area contributed by atoms with Gasteiger partial charge in [-0.15, -0.1) is 0 Å². The monoisotopic (exact) mass is 482 g/mol. The van der Waals surface area contributed by atoms with Crippen LogP contribution >= 0.6 is 0 Å². The van der Waals surface area contributed by atoms with Crippen molar-refractivity contribution in [3.8, 4) is 0 Å². The second kappa shape index (κ2) is 7.91. The summed E-state index contributed by atoms with van der Waals surface area (Å²) in [7, 11) is 0. The van der Waals surface area contributed by atoms with Crippen molar-refractivity contribution in [1.82, 2.24) is 0 Å². The van der Waals surface area contributed by atoms with E-state index in [4.69, 9.17) is 0 Å². The lowest BCUT2D eigenvalue weighted by molar-refractivity contribution is 0.442. The minimum Gasteiger partial charge on any atom is -0.0622 e. The van der Waals surface area contributed by atoms with E-state index >= 15 is 0 Å². The molecule has 0 spiro atoms. The summed E-state index contributed by atoms with van der Waals surface area (Å²) < 4.78 is 0. The number of rotatable bonds is 4. The molecule has 0 radical (unpaired) electrons. The van der Waals surface area contributed by atoms with E-state index in [2.05, 4.69) is 158 Å². The molecule has 0 heteroatoms. The van der Waals surface area contributed by atoms with Crippen LogP contribution in [0, 0.1) is 0 Å². The van der Waals surface area contributed by atoms with Crippen molar-refractivity contribution < 1.29 is 0 Å². The van der Waals surface area contributed by atoms with Crippen molar-refractivity contribution in [2.24, 2.45) is 0 Å². The van der Waals surface area contributed by atoms with E-state index < -0.39 is 10.8 Å². The summed E-state index contributed by atoms with van der Waals surface area (Å²) in [5.41, 5.74) is 9.62. The fourth-order valence-corrected chi connectivity index (χ4v) is 7.61. The van der Waals surface area contributed by atoms with Crippen LogP contribution in [0.2, 0.25) is 0 Å². The molecule has 8 rings (SSSR count). The molecule has 0 fully saturated rings. The van der Waals surface area contributed by atoms with Crippen molar-refractivity contribution in [3.63, 3.8) is 0 Å². The summed E-state index contributed by atoms with van der Waals surface area (Å²) in [5.74, 6) is 0. The molecule has 0 saturated heterocycles. The highest BCUT2D eigenvalue weighted by atomic mass is 14.6. The normalized spacial score (nSPS) is 15.7. The molecular formula is C38H26. The summed E-state index contributed by atoms with van der Waals surface area (Å²) in [6.07, 6.45) is 4.55. The van der Waals surface area contributed by atoms with Crippen molar-refractivity contribution >= 4 is 22.9 Å². The van der Waals surface area contributed by atoms with Gasteiger partial charge in [0.05, 0.1) is 10.8 Å². The van der Waals surface area contributed by atoms with E-state index in [-0.39, 0.29) is 0 Å². The Hall–Kier alpha value is -4.68. The largest absolute Gasteiger partial charge is 0.0635 e. The van der Waals surface area contributed by atoms with Gasteiger partial charge < -0.3 is 0 Å². The second-order valence-corrected chi connectivity index (χ2v) is 10.5. The van der Waals surface area contributed by atoms with E-state index in [0.717, 1.165) is 0 Å². The molecule has 2 aliphatic rings. The van der Waals surface area contributed by atoms with Crippen LogP contribution in [-0.2, 0) is 10.8 Å². The van der Waals surface area contributed by atoms with Crippen molar-refractivity contribution in [2.45, 2.75) is 10.8 Å². The first-order chi connectivity index (χ1) is 18.9. The summed E-state index contributed by atoms with van der Waals surface area (Å²) in [4.78, 5) is 0. The Morgan fingerprint density at radius 3 is 0.921 bits per heavy atom. The Morgan fingerprint density at radius 1 is 0.289 bits per heavy atom. The first-order valence-electron chi connectivity index (χ1n) is 13.4. The molecule has 0 atom stereocenters. The lowest BCUT2D eigenvalue weighted by Crippen LogP contribution is -2.49. The van der Waals surface area contributed by atoms with E-state index in [1.807, 2.05) is 0 Å². The molecule has 0 N–H and O–H groups in total. The SMILES string of the molecule is C1=Cc2ccc3c4c(ccc1c24)C(c1ccccc1)(c1ccccc1)C3(c1ccccc1)c1ccccc1. The van der Waals surface area contributed by atoms with Gasteiger partial charge in [0.25, 0.3) is 0 Å². The highest BCUT2D eigenvalue weighted by Crippen LogP contribution is 2.66. The third-order valence-electron chi connectivity index (χ3n) is 8.87. The molecule has 0 aromatic heterocycles. The Bertz CT molecular complexity index is 1620. The molecule has 2 aliphatic carbocycles. The first kappa shape index (κ1) is 21.4. The fourth-order valence-electron chi connectivity index (χ4n) is 7.61. The topological polar surface area (TPSA) is 0 Å². The van der Waals surface area contributed by atoms with Crippen molar-refractivity contribution in [3.05, 3.63) is 190 Å². The minimum atomic E-state index is -0.486. The van der Waals surface area contributed by atoms with Gasteiger partial charge in [-0.3, -0.25) is 0 Å². The lowest BCUT2D eigenvalue weighted by atomic mass is 9.50. The van der Waals surface area contributed by atoms with Crippen LogP contribution in [0.25, 0.3) is 22.9 Å². The predicted molar refractivity (Wildman–Crippen MR) is 158 cm³/mol. The van der Waals surface area contributed by atoms with Gasteiger partial charge in [-0.25, -0.2) is 0 Å². The Balaban J connectivity index is 1.70. The average Bonchev–Trinajstić information content (AvgIpc) is 3.54. The van der Waals surface area contributed by atoms with E-state index in [9.17, 15) is 0 Å². The van der Waals surface area contributed by atoms with Crippen LogP contribution in [0.3, 0.4) is 0 Å². The Labute approximate surface area is 223 Å². The molecule has 0 aliphatic heterocycles. The predicted octanol–water partition coefficient (Wildman–Crippen LogP) is 9.01. The number of hydrogen-bond donors (Lipinski definition) is 0. The lowest BCUT2D eigenvalue weighted by Gasteiger charge is -2.49. The quantitative estimate of drug-likeness (QED) is 0.235. The van der Waals surface area contributed by atoms with Gasteiger partial charge in [0.15, 0.2) is 0 Å². The molecule has 178 valence electrons.